The molecule has 1 amide bonds. The zero-order valence-corrected chi connectivity index (χ0v) is 13.1. The summed E-state index contributed by atoms with van der Waals surface area (Å²) in [7, 11) is 0. The van der Waals surface area contributed by atoms with Gasteiger partial charge >= 0.3 is 0 Å². The molecule has 3 nitrogen and oxygen atoms in total. The van der Waals surface area contributed by atoms with Crippen molar-refractivity contribution in [1.29, 1.82) is 0 Å². The first-order chi connectivity index (χ1) is 8.97. The minimum Gasteiger partial charge on any atom is -0.321 e. The summed E-state index contributed by atoms with van der Waals surface area (Å²) in [6.07, 6.45) is 1.46. The lowest BCUT2D eigenvalue weighted by Crippen LogP contribution is -2.12. The molecule has 7 heteroatoms. The Morgan fingerprint density at radius 2 is 1.89 bits per heavy atom. The van der Waals surface area contributed by atoms with Crippen LogP contribution in [0, 0.1) is 0 Å². The van der Waals surface area contributed by atoms with Gasteiger partial charge in [-0.25, -0.2) is 4.98 Å². The molecule has 0 fully saturated rings. The van der Waals surface area contributed by atoms with E-state index in [0.717, 1.165) is 0 Å². The van der Waals surface area contributed by atoms with E-state index in [9.17, 15) is 4.79 Å². The molecule has 0 spiro atoms. The lowest BCUT2D eigenvalue weighted by Gasteiger charge is -2.06. The van der Waals surface area contributed by atoms with Crippen molar-refractivity contribution in [2.45, 2.75) is 0 Å². The number of nitrogens with zero attached hydrogens (tertiary/aromatic N) is 1. The molecule has 1 N–H and O–H groups in total. The van der Waals surface area contributed by atoms with Crippen molar-refractivity contribution in [2.24, 2.45) is 0 Å². The zero-order valence-electron chi connectivity index (χ0n) is 9.25. The molecule has 0 saturated carbocycles. The van der Waals surface area contributed by atoms with Crippen molar-refractivity contribution in [3.8, 4) is 0 Å². The van der Waals surface area contributed by atoms with Gasteiger partial charge in [0, 0.05) is 5.56 Å². The summed E-state index contributed by atoms with van der Waals surface area (Å²) in [6.45, 7) is 0. The average Bonchev–Trinajstić information content (AvgIpc) is 2.37. The molecule has 0 aliphatic heterocycles. The molecule has 19 heavy (non-hydrogen) atoms. The van der Waals surface area contributed by atoms with Crippen LogP contribution in [0.4, 0.5) is 5.69 Å². The largest absolute Gasteiger partial charge is 0.321 e. The summed E-state index contributed by atoms with van der Waals surface area (Å²) in [5.74, 6) is -0.311. The van der Waals surface area contributed by atoms with E-state index >= 15 is 0 Å². The maximum Gasteiger partial charge on any atom is 0.255 e. The Hall–Kier alpha value is -0.810. The summed E-state index contributed by atoms with van der Waals surface area (Å²) in [6, 6.07) is 6.30. The highest BCUT2D eigenvalue weighted by atomic mass is 79.9. The standard InChI is InChI=1S/C12H6BrCl3N2O/c13-8-4-7(5-17-11(8)16)18-12(19)6-1-2-9(14)10(15)3-6/h1-5H,(H,18,19). The van der Waals surface area contributed by atoms with E-state index in [1.807, 2.05) is 0 Å². The highest BCUT2D eigenvalue weighted by Crippen LogP contribution is 2.25. The number of anilines is 1. The van der Waals surface area contributed by atoms with Crippen LogP contribution in [-0.2, 0) is 0 Å². The van der Waals surface area contributed by atoms with Crippen molar-refractivity contribution >= 4 is 62.3 Å². The van der Waals surface area contributed by atoms with Gasteiger partial charge in [0.2, 0.25) is 0 Å². The fraction of sp³-hybridized carbons (Fsp3) is 0. The quantitative estimate of drug-likeness (QED) is 0.740. The Balaban J connectivity index is 2.20. The number of pyridine rings is 1. The van der Waals surface area contributed by atoms with E-state index in [4.69, 9.17) is 34.8 Å². The second-order valence-electron chi connectivity index (χ2n) is 3.58. The van der Waals surface area contributed by atoms with E-state index in [2.05, 4.69) is 26.2 Å². The van der Waals surface area contributed by atoms with Gasteiger partial charge in [-0.2, -0.15) is 0 Å². The molecule has 1 heterocycles. The first-order valence-corrected chi connectivity index (χ1v) is 6.97. The van der Waals surface area contributed by atoms with Gasteiger partial charge < -0.3 is 5.32 Å². The van der Waals surface area contributed by atoms with Crippen molar-refractivity contribution in [1.82, 2.24) is 4.98 Å². The van der Waals surface area contributed by atoms with E-state index in [0.29, 0.717) is 30.9 Å². The second kappa shape index (κ2) is 6.09. The molecule has 0 saturated heterocycles. The van der Waals surface area contributed by atoms with Gasteiger partial charge in [0.1, 0.15) is 5.15 Å². The molecule has 2 aromatic rings. The summed E-state index contributed by atoms with van der Waals surface area (Å²) in [4.78, 5) is 15.9. The number of carbonyl (C=O) groups is 1. The first kappa shape index (κ1) is 14.6. The highest BCUT2D eigenvalue weighted by Gasteiger charge is 2.09. The van der Waals surface area contributed by atoms with Gasteiger partial charge in [-0.3, -0.25) is 4.79 Å². The normalized spacial score (nSPS) is 10.3. The fourth-order valence-corrected chi connectivity index (χ4v) is 2.08. The summed E-state index contributed by atoms with van der Waals surface area (Å²) in [5, 5.41) is 3.73. The number of hydrogen-bond acceptors (Lipinski definition) is 2. The van der Waals surface area contributed by atoms with Gasteiger partial charge in [-0.1, -0.05) is 34.8 Å². The maximum atomic E-state index is 12.0. The van der Waals surface area contributed by atoms with E-state index in [1.54, 1.807) is 18.2 Å². The number of carbonyl (C=O) groups excluding carboxylic acids is 1. The van der Waals surface area contributed by atoms with Gasteiger partial charge in [-0.05, 0) is 40.2 Å². The molecule has 0 aliphatic rings. The molecule has 2 rings (SSSR count). The minimum atomic E-state index is -0.311. The zero-order chi connectivity index (χ0) is 14.0. The van der Waals surface area contributed by atoms with E-state index in [1.165, 1.54) is 12.3 Å². The van der Waals surface area contributed by atoms with E-state index < -0.39 is 0 Å². The number of halogens is 4. The van der Waals surface area contributed by atoms with Crippen molar-refractivity contribution in [3.63, 3.8) is 0 Å². The highest BCUT2D eigenvalue weighted by molar-refractivity contribution is 9.10. The van der Waals surface area contributed by atoms with Crippen molar-refractivity contribution in [2.75, 3.05) is 5.32 Å². The second-order valence-corrected chi connectivity index (χ2v) is 5.61. The predicted molar refractivity (Wildman–Crippen MR) is 81.4 cm³/mol. The van der Waals surface area contributed by atoms with Crippen LogP contribution < -0.4 is 5.32 Å². The van der Waals surface area contributed by atoms with Gasteiger partial charge in [0.15, 0.2) is 0 Å². The Morgan fingerprint density at radius 1 is 1.16 bits per heavy atom. The van der Waals surface area contributed by atoms with Gasteiger partial charge in [0.05, 0.1) is 26.4 Å². The van der Waals surface area contributed by atoms with Crippen molar-refractivity contribution in [3.05, 3.63) is 55.7 Å². The molecule has 98 valence electrons. The number of rotatable bonds is 2. The van der Waals surface area contributed by atoms with Gasteiger partial charge in [-0.15, -0.1) is 0 Å². The molecular formula is C12H6BrCl3N2O. The molecule has 1 aromatic carbocycles. The van der Waals surface area contributed by atoms with Crippen LogP contribution in [0.15, 0.2) is 34.9 Å². The topological polar surface area (TPSA) is 42.0 Å². The fourth-order valence-electron chi connectivity index (χ4n) is 1.33. The van der Waals surface area contributed by atoms with E-state index in [-0.39, 0.29) is 5.91 Å². The number of aromatic nitrogens is 1. The van der Waals surface area contributed by atoms with Crippen LogP contribution in [0.25, 0.3) is 0 Å². The van der Waals surface area contributed by atoms with Crippen LogP contribution in [0.1, 0.15) is 10.4 Å². The predicted octanol–water partition coefficient (Wildman–Crippen LogP) is 5.06. The van der Waals surface area contributed by atoms with Gasteiger partial charge in [0.25, 0.3) is 5.91 Å². The van der Waals surface area contributed by atoms with Crippen LogP contribution in [0.5, 0.6) is 0 Å². The molecule has 0 bridgehead atoms. The number of nitrogens with one attached hydrogen (secondary N) is 1. The lowest BCUT2D eigenvalue weighted by molar-refractivity contribution is 0.102. The summed E-state index contributed by atoms with van der Waals surface area (Å²) in [5.41, 5.74) is 0.924. The van der Waals surface area contributed by atoms with Crippen LogP contribution in [-0.4, -0.2) is 10.9 Å². The maximum absolute atomic E-state index is 12.0. The molecule has 0 atom stereocenters. The van der Waals surface area contributed by atoms with Crippen molar-refractivity contribution < 1.29 is 4.79 Å². The van der Waals surface area contributed by atoms with Crippen LogP contribution in [0.3, 0.4) is 0 Å². The smallest absolute Gasteiger partial charge is 0.255 e. The Kier molecular flexibility index (Phi) is 4.68. The van der Waals surface area contributed by atoms with Crippen LogP contribution in [0.2, 0.25) is 15.2 Å². The molecular weight excluding hydrogens is 374 g/mol. The summed E-state index contributed by atoms with van der Waals surface area (Å²) < 4.78 is 0.598. The lowest BCUT2D eigenvalue weighted by atomic mass is 10.2. The molecule has 0 radical (unpaired) electrons. The Labute approximate surface area is 133 Å². The number of hydrogen-bond donors (Lipinski definition) is 1. The average molecular weight is 380 g/mol. The summed E-state index contributed by atoms with van der Waals surface area (Å²) >= 11 is 20.6. The number of benzene rings is 1. The third kappa shape index (κ3) is 3.60. The SMILES string of the molecule is O=C(Nc1cnc(Cl)c(Br)c1)c1ccc(Cl)c(Cl)c1. The Morgan fingerprint density at radius 3 is 2.53 bits per heavy atom. The first-order valence-electron chi connectivity index (χ1n) is 5.05. The number of amides is 1. The third-order valence-corrected chi connectivity index (χ3v) is 4.11. The molecule has 0 unspecified atom stereocenters. The monoisotopic (exact) mass is 378 g/mol. The molecule has 1 aromatic heterocycles. The third-order valence-electron chi connectivity index (χ3n) is 2.24. The molecule has 0 aliphatic carbocycles. The van der Waals surface area contributed by atoms with Crippen LogP contribution >= 0.6 is 50.7 Å². The minimum absolute atomic E-state index is 0.311. The Bertz CT molecular complexity index is 649.